The van der Waals surface area contributed by atoms with Crippen molar-refractivity contribution < 1.29 is 13.2 Å². The van der Waals surface area contributed by atoms with E-state index in [-0.39, 0.29) is 10.8 Å². The Hall–Kier alpha value is -1.74. The Kier molecular flexibility index (Phi) is 6.34. The number of carbonyl (C=O) groups excluding carboxylic acids is 1. The van der Waals surface area contributed by atoms with Crippen molar-refractivity contribution in [2.75, 3.05) is 31.5 Å². The number of hydrogen-bond acceptors (Lipinski definition) is 5. The van der Waals surface area contributed by atoms with Crippen LogP contribution in [0.2, 0.25) is 0 Å². The van der Waals surface area contributed by atoms with E-state index in [2.05, 4.69) is 27.0 Å². The highest BCUT2D eigenvalue weighted by atomic mass is 32.2. The van der Waals surface area contributed by atoms with Crippen LogP contribution < -0.4 is 5.32 Å². The van der Waals surface area contributed by atoms with Gasteiger partial charge in [0.1, 0.15) is 0 Å². The number of anilines is 1. The zero-order chi connectivity index (χ0) is 20.3. The smallest absolute Gasteiger partial charge is 0.243 e. The molecule has 8 heteroatoms. The van der Waals surface area contributed by atoms with E-state index in [9.17, 15) is 13.2 Å². The van der Waals surface area contributed by atoms with Crippen LogP contribution in [-0.2, 0) is 14.8 Å². The van der Waals surface area contributed by atoms with Crippen molar-refractivity contribution in [3.05, 3.63) is 46.7 Å². The van der Waals surface area contributed by atoms with Gasteiger partial charge in [-0.05, 0) is 72.8 Å². The molecular formula is C21H27N3O3S2. The Morgan fingerprint density at radius 1 is 1.14 bits per heavy atom. The Labute approximate surface area is 176 Å². The maximum Gasteiger partial charge on any atom is 0.243 e. The lowest BCUT2D eigenvalue weighted by Gasteiger charge is -2.23. The fourth-order valence-corrected chi connectivity index (χ4v) is 6.49. The van der Waals surface area contributed by atoms with Crippen LogP contribution in [0.5, 0.6) is 0 Å². The predicted octanol–water partition coefficient (Wildman–Crippen LogP) is 3.70. The zero-order valence-corrected chi connectivity index (χ0v) is 18.1. The van der Waals surface area contributed by atoms with Crippen molar-refractivity contribution in [3.63, 3.8) is 0 Å². The van der Waals surface area contributed by atoms with Crippen molar-refractivity contribution in [3.8, 4) is 0 Å². The number of thiophene rings is 1. The van der Waals surface area contributed by atoms with E-state index in [1.807, 2.05) is 0 Å². The third-order valence-corrected chi connectivity index (χ3v) is 8.33. The Morgan fingerprint density at radius 2 is 1.97 bits per heavy atom. The number of hydrogen-bond donors (Lipinski definition) is 1. The molecule has 156 valence electrons. The second-order valence-corrected chi connectivity index (χ2v) is 10.4. The van der Waals surface area contributed by atoms with E-state index in [1.165, 1.54) is 9.87 Å². The Morgan fingerprint density at radius 3 is 2.72 bits per heavy atom. The summed E-state index contributed by atoms with van der Waals surface area (Å²) in [6.07, 6.45) is 4.48. The summed E-state index contributed by atoms with van der Waals surface area (Å²) in [5.74, 6) is -0.0864. The van der Waals surface area contributed by atoms with Gasteiger partial charge in [-0.1, -0.05) is 6.07 Å². The molecular weight excluding hydrogens is 406 g/mol. The summed E-state index contributed by atoms with van der Waals surface area (Å²) in [7, 11) is -3.48. The van der Waals surface area contributed by atoms with Gasteiger partial charge in [-0.15, -0.1) is 0 Å². The first kappa shape index (κ1) is 20.5. The topological polar surface area (TPSA) is 69.7 Å². The molecule has 1 aromatic carbocycles. The van der Waals surface area contributed by atoms with Crippen LogP contribution in [0.4, 0.5) is 5.69 Å². The lowest BCUT2D eigenvalue weighted by atomic mass is 10.1. The van der Waals surface area contributed by atoms with E-state index in [0.717, 1.165) is 32.2 Å². The average Bonchev–Trinajstić information content (AvgIpc) is 3.49. The minimum absolute atomic E-state index is 0.0864. The van der Waals surface area contributed by atoms with E-state index in [4.69, 9.17) is 0 Å². The second kappa shape index (κ2) is 8.95. The van der Waals surface area contributed by atoms with Crippen molar-refractivity contribution in [1.29, 1.82) is 0 Å². The number of nitrogens with zero attached hydrogens (tertiary/aromatic N) is 2. The van der Waals surface area contributed by atoms with E-state index >= 15 is 0 Å². The largest absolute Gasteiger partial charge is 0.326 e. The molecule has 2 aliphatic heterocycles. The molecule has 1 atom stereocenters. The maximum atomic E-state index is 12.7. The minimum Gasteiger partial charge on any atom is -0.326 e. The SMILES string of the molecule is O=C(CCN1CCC[C@H]1c1ccsc1)Nc1cccc(S(=O)(=O)N2CCCC2)c1. The number of nitrogens with one attached hydrogen (secondary N) is 1. The number of likely N-dealkylation sites (tertiary alicyclic amines) is 1. The molecule has 0 radical (unpaired) electrons. The van der Waals surface area contributed by atoms with Gasteiger partial charge < -0.3 is 5.32 Å². The van der Waals surface area contributed by atoms with Crippen LogP contribution in [0.3, 0.4) is 0 Å². The van der Waals surface area contributed by atoms with Crippen LogP contribution in [0.25, 0.3) is 0 Å². The first-order valence-corrected chi connectivity index (χ1v) is 12.6. The Balaban J connectivity index is 1.35. The monoisotopic (exact) mass is 433 g/mol. The third-order valence-electron chi connectivity index (χ3n) is 5.74. The lowest BCUT2D eigenvalue weighted by Crippen LogP contribution is -2.28. The molecule has 6 nitrogen and oxygen atoms in total. The molecule has 0 bridgehead atoms. The van der Waals surface area contributed by atoms with E-state index in [1.54, 1.807) is 35.6 Å². The number of amides is 1. The van der Waals surface area contributed by atoms with E-state index < -0.39 is 10.0 Å². The van der Waals surface area contributed by atoms with Gasteiger partial charge in [-0.25, -0.2) is 8.42 Å². The van der Waals surface area contributed by atoms with E-state index in [0.29, 0.717) is 37.8 Å². The van der Waals surface area contributed by atoms with Crippen LogP contribution >= 0.6 is 11.3 Å². The van der Waals surface area contributed by atoms with Gasteiger partial charge in [0.05, 0.1) is 4.90 Å². The summed E-state index contributed by atoms with van der Waals surface area (Å²) in [5.41, 5.74) is 1.87. The lowest BCUT2D eigenvalue weighted by molar-refractivity contribution is -0.116. The average molecular weight is 434 g/mol. The second-order valence-electron chi connectivity index (χ2n) is 7.69. The van der Waals surface area contributed by atoms with Gasteiger partial charge in [0, 0.05) is 37.8 Å². The fraction of sp³-hybridized carbons (Fsp3) is 0.476. The van der Waals surface area contributed by atoms with Crippen molar-refractivity contribution >= 4 is 33.0 Å². The van der Waals surface area contributed by atoms with Crippen molar-refractivity contribution in [2.24, 2.45) is 0 Å². The molecule has 0 saturated carbocycles. The normalized spacial score (nSPS) is 20.9. The van der Waals surface area contributed by atoms with Gasteiger partial charge in [-0.2, -0.15) is 15.6 Å². The number of sulfonamides is 1. The van der Waals surface area contributed by atoms with Gasteiger partial charge in [0.2, 0.25) is 15.9 Å². The summed E-state index contributed by atoms with van der Waals surface area (Å²) in [5, 5.41) is 7.16. The summed E-state index contributed by atoms with van der Waals surface area (Å²) in [6, 6.07) is 9.16. The molecule has 1 amide bonds. The molecule has 0 aliphatic carbocycles. The minimum atomic E-state index is -3.48. The summed E-state index contributed by atoms with van der Waals surface area (Å²) >= 11 is 1.71. The number of rotatable bonds is 7. The first-order chi connectivity index (χ1) is 14.0. The Bertz CT molecular complexity index is 938. The van der Waals surface area contributed by atoms with Gasteiger partial charge in [0.15, 0.2) is 0 Å². The van der Waals surface area contributed by atoms with Crippen molar-refractivity contribution in [2.45, 2.75) is 43.0 Å². The molecule has 0 spiro atoms. The number of carbonyl (C=O) groups is 1. The molecule has 1 N–H and O–H groups in total. The molecule has 29 heavy (non-hydrogen) atoms. The highest BCUT2D eigenvalue weighted by Gasteiger charge is 2.28. The summed E-state index contributed by atoms with van der Waals surface area (Å²) in [6.45, 7) is 2.86. The van der Waals surface area contributed by atoms with Gasteiger partial charge in [-0.3, -0.25) is 9.69 Å². The van der Waals surface area contributed by atoms with Crippen LogP contribution in [0, 0.1) is 0 Å². The van der Waals surface area contributed by atoms with Crippen molar-refractivity contribution in [1.82, 2.24) is 9.21 Å². The van der Waals surface area contributed by atoms with Crippen LogP contribution in [0.15, 0.2) is 46.0 Å². The zero-order valence-electron chi connectivity index (χ0n) is 16.4. The number of benzene rings is 1. The maximum absolute atomic E-state index is 12.7. The highest BCUT2D eigenvalue weighted by molar-refractivity contribution is 7.89. The van der Waals surface area contributed by atoms with Gasteiger partial charge >= 0.3 is 0 Å². The molecule has 1 aromatic heterocycles. The first-order valence-electron chi connectivity index (χ1n) is 10.2. The summed E-state index contributed by atoms with van der Waals surface area (Å²) in [4.78, 5) is 15.1. The van der Waals surface area contributed by atoms with Gasteiger partial charge in [0.25, 0.3) is 0 Å². The molecule has 3 heterocycles. The molecule has 2 aliphatic rings. The predicted molar refractivity (Wildman–Crippen MR) is 116 cm³/mol. The quantitative estimate of drug-likeness (QED) is 0.723. The third kappa shape index (κ3) is 4.71. The summed E-state index contributed by atoms with van der Waals surface area (Å²) < 4.78 is 27.0. The fourth-order valence-electron chi connectivity index (χ4n) is 4.22. The highest BCUT2D eigenvalue weighted by Crippen LogP contribution is 2.33. The molecule has 2 fully saturated rings. The molecule has 0 unspecified atom stereocenters. The standard InChI is InChI=1S/C21H27N3O3S2/c25-21(8-13-23-10-4-7-20(23)17-9-14-28-16-17)22-18-5-3-6-19(15-18)29(26,27)24-11-1-2-12-24/h3,5-6,9,14-16,20H,1-2,4,7-8,10-13H2,(H,22,25)/t20-/m0/s1. The molecule has 2 saturated heterocycles. The van der Waals surface area contributed by atoms with Crippen LogP contribution in [0.1, 0.15) is 43.7 Å². The molecule has 2 aromatic rings. The van der Waals surface area contributed by atoms with Crippen LogP contribution in [-0.4, -0.2) is 49.7 Å². The molecule has 4 rings (SSSR count).